The summed E-state index contributed by atoms with van der Waals surface area (Å²) in [4.78, 5) is 4.29. The fourth-order valence-electron chi connectivity index (χ4n) is 2.58. The van der Waals surface area contributed by atoms with Crippen LogP contribution in [0.1, 0.15) is 38.1 Å². The second-order valence-electron chi connectivity index (χ2n) is 5.77. The molecule has 6 nitrogen and oxygen atoms in total. The van der Waals surface area contributed by atoms with E-state index >= 15 is 0 Å². The van der Waals surface area contributed by atoms with Crippen molar-refractivity contribution in [1.82, 2.24) is 10.6 Å². The molecule has 0 amide bonds. The molecule has 6 heteroatoms. The third-order valence-electron chi connectivity index (χ3n) is 3.89. The van der Waals surface area contributed by atoms with Gasteiger partial charge in [0.1, 0.15) is 5.76 Å². The van der Waals surface area contributed by atoms with Crippen molar-refractivity contribution in [3.63, 3.8) is 0 Å². The van der Waals surface area contributed by atoms with Gasteiger partial charge in [0.25, 0.3) is 0 Å². The van der Waals surface area contributed by atoms with E-state index in [1.165, 1.54) is 0 Å². The number of rotatable bonds is 9. The Labute approximate surface area is 155 Å². The third kappa shape index (κ3) is 5.72. The molecular weight excluding hydrogens is 330 g/mol. The van der Waals surface area contributed by atoms with Crippen LogP contribution in [0.15, 0.2) is 46.0 Å². The van der Waals surface area contributed by atoms with Crippen molar-refractivity contribution in [2.24, 2.45) is 4.99 Å². The number of hydrogen-bond acceptors (Lipinski definition) is 4. The Hall–Kier alpha value is -2.63. The molecule has 2 aromatic rings. The zero-order valence-corrected chi connectivity index (χ0v) is 16.0. The molecule has 0 bridgehead atoms. The SMILES string of the molecule is CCOc1ccc(C(C)NC(=NC)NCCc2ccco2)cc1OCC. The van der Waals surface area contributed by atoms with Gasteiger partial charge in [-0.25, -0.2) is 0 Å². The van der Waals surface area contributed by atoms with E-state index in [1.807, 2.05) is 44.2 Å². The van der Waals surface area contributed by atoms with Crippen molar-refractivity contribution < 1.29 is 13.9 Å². The minimum Gasteiger partial charge on any atom is -0.490 e. The Bertz CT molecular complexity index is 684. The highest BCUT2D eigenvalue weighted by molar-refractivity contribution is 5.80. The second kappa shape index (κ2) is 10.4. The number of ether oxygens (including phenoxy) is 2. The Morgan fingerprint density at radius 3 is 2.58 bits per heavy atom. The van der Waals surface area contributed by atoms with Crippen LogP contribution in [0.25, 0.3) is 0 Å². The number of aliphatic imine (C=N–C) groups is 1. The van der Waals surface area contributed by atoms with Gasteiger partial charge in [-0.3, -0.25) is 4.99 Å². The van der Waals surface area contributed by atoms with Crippen LogP contribution in [0.3, 0.4) is 0 Å². The first kappa shape index (κ1) is 19.7. The number of benzene rings is 1. The van der Waals surface area contributed by atoms with Crippen LogP contribution >= 0.6 is 0 Å². The molecule has 2 rings (SSSR count). The number of furan rings is 1. The van der Waals surface area contributed by atoms with E-state index < -0.39 is 0 Å². The van der Waals surface area contributed by atoms with Crippen LogP contribution < -0.4 is 20.1 Å². The van der Waals surface area contributed by atoms with Gasteiger partial charge in [-0.05, 0) is 50.6 Å². The molecule has 0 spiro atoms. The lowest BCUT2D eigenvalue weighted by atomic mass is 10.1. The third-order valence-corrected chi connectivity index (χ3v) is 3.89. The largest absolute Gasteiger partial charge is 0.490 e. The lowest BCUT2D eigenvalue weighted by Gasteiger charge is -2.20. The number of guanidine groups is 1. The van der Waals surface area contributed by atoms with Crippen molar-refractivity contribution in [1.29, 1.82) is 0 Å². The van der Waals surface area contributed by atoms with Crippen molar-refractivity contribution in [2.75, 3.05) is 26.8 Å². The van der Waals surface area contributed by atoms with Gasteiger partial charge in [0.15, 0.2) is 17.5 Å². The molecule has 0 saturated carbocycles. The molecule has 0 fully saturated rings. The molecule has 1 aromatic carbocycles. The van der Waals surface area contributed by atoms with Crippen LogP contribution in [0.5, 0.6) is 11.5 Å². The number of nitrogens with one attached hydrogen (secondary N) is 2. The van der Waals surface area contributed by atoms with E-state index in [0.717, 1.165) is 41.7 Å². The van der Waals surface area contributed by atoms with E-state index in [9.17, 15) is 0 Å². The quantitative estimate of drug-likeness (QED) is 0.529. The summed E-state index contributed by atoms with van der Waals surface area (Å²) in [5.41, 5.74) is 1.10. The average molecular weight is 359 g/mol. The molecule has 0 aliphatic heterocycles. The fourth-order valence-corrected chi connectivity index (χ4v) is 2.58. The van der Waals surface area contributed by atoms with Crippen LogP contribution in [-0.4, -0.2) is 32.8 Å². The Morgan fingerprint density at radius 2 is 1.92 bits per heavy atom. The highest BCUT2D eigenvalue weighted by atomic mass is 16.5. The van der Waals surface area contributed by atoms with Gasteiger partial charge in [0, 0.05) is 20.0 Å². The topological polar surface area (TPSA) is 68.0 Å². The predicted octanol–water partition coefficient (Wildman–Crippen LogP) is 3.55. The molecule has 26 heavy (non-hydrogen) atoms. The first-order valence-corrected chi connectivity index (χ1v) is 9.07. The molecule has 1 aromatic heterocycles. The number of nitrogens with zero attached hydrogens (tertiary/aromatic N) is 1. The van der Waals surface area contributed by atoms with Crippen LogP contribution in [0.4, 0.5) is 0 Å². The minimum atomic E-state index is 0.0692. The Balaban J connectivity index is 1.95. The highest BCUT2D eigenvalue weighted by Gasteiger charge is 2.12. The lowest BCUT2D eigenvalue weighted by Crippen LogP contribution is -2.39. The van der Waals surface area contributed by atoms with Gasteiger partial charge in [-0.2, -0.15) is 0 Å². The second-order valence-corrected chi connectivity index (χ2v) is 5.77. The van der Waals surface area contributed by atoms with E-state index in [1.54, 1.807) is 13.3 Å². The summed E-state index contributed by atoms with van der Waals surface area (Å²) in [5, 5.41) is 6.70. The highest BCUT2D eigenvalue weighted by Crippen LogP contribution is 2.30. The first-order chi connectivity index (χ1) is 12.7. The summed E-state index contributed by atoms with van der Waals surface area (Å²) >= 11 is 0. The molecule has 1 heterocycles. The summed E-state index contributed by atoms with van der Waals surface area (Å²) in [6.07, 6.45) is 2.49. The van der Waals surface area contributed by atoms with Gasteiger partial charge < -0.3 is 24.5 Å². The maximum atomic E-state index is 5.71. The van der Waals surface area contributed by atoms with Gasteiger partial charge in [0.05, 0.1) is 25.5 Å². The Kier molecular flexibility index (Phi) is 7.86. The molecule has 0 aliphatic rings. The molecule has 142 valence electrons. The van der Waals surface area contributed by atoms with Crippen LogP contribution in [0, 0.1) is 0 Å². The zero-order valence-electron chi connectivity index (χ0n) is 16.0. The normalized spacial score (nSPS) is 12.5. The van der Waals surface area contributed by atoms with Gasteiger partial charge >= 0.3 is 0 Å². The van der Waals surface area contributed by atoms with E-state index in [0.29, 0.717) is 13.2 Å². The van der Waals surface area contributed by atoms with Crippen molar-refractivity contribution in [3.05, 3.63) is 47.9 Å². The maximum Gasteiger partial charge on any atom is 0.191 e. The fraction of sp³-hybridized carbons (Fsp3) is 0.450. The van der Waals surface area contributed by atoms with Gasteiger partial charge in [-0.1, -0.05) is 6.07 Å². The van der Waals surface area contributed by atoms with Crippen molar-refractivity contribution in [3.8, 4) is 11.5 Å². The van der Waals surface area contributed by atoms with E-state index in [4.69, 9.17) is 13.9 Å². The summed E-state index contributed by atoms with van der Waals surface area (Å²) in [5.74, 6) is 3.23. The Morgan fingerprint density at radius 1 is 1.15 bits per heavy atom. The monoisotopic (exact) mass is 359 g/mol. The standard InChI is InChI=1S/C20H29N3O3/c1-5-24-18-10-9-16(14-19(18)25-6-2)15(3)23-20(21-4)22-12-11-17-8-7-13-26-17/h7-10,13-15H,5-6,11-12H2,1-4H3,(H2,21,22,23). The molecule has 2 N–H and O–H groups in total. The lowest BCUT2D eigenvalue weighted by molar-refractivity contribution is 0.287. The minimum absolute atomic E-state index is 0.0692. The summed E-state index contributed by atoms with van der Waals surface area (Å²) in [6, 6.07) is 9.94. The predicted molar refractivity (Wildman–Crippen MR) is 104 cm³/mol. The van der Waals surface area contributed by atoms with Crippen LogP contribution in [-0.2, 0) is 6.42 Å². The maximum absolute atomic E-state index is 5.71. The summed E-state index contributed by atoms with van der Waals surface area (Å²) in [7, 11) is 1.76. The molecular formula is C20H29N3O3. The summed E-state index contributed by atoms with van der Waals surface area (Å²) < 4.78 is 16.7. The average Bonchev–Trinajstić information content (AvgIpc) is 3.16. The summed E-state index contributed by atoms with van der Waals surface area (Å²) in [6.45, 7) is 7.97. The zero-order chi connectivity index (χ0) is 18.8. The van der Waals surface area contributed by atoms with Crippen LogP contribution in [0.2, 0.25) is 0 Å². The molecule has 0 radical (unpaired) electrons. The van der Waals surface area contributed by atoms with Crippen molar-refractivity contribution >= 4 is 5.96 Å². The molecule has 1 unspecified atom stereocenters. The molecule has 1 atom stereocenters. The van der Waals surface area contributed by atoms with Gasteiger partial charge in [0.2, 0.25) is 0 Å². The number of hydrogen-bond donors (Lipinski definition) is 2. The first-order valence-electron chi connectivity index (χ1n) is 9.07. The molecule has 0 aliphatic carbocycles. The smallest absolute Gasteiger partial charge is 0.191 e. The molecule has 0 saturated heterocycles. The van der Waals surface area contributed by atoms with E-state index in [2.05, 4.69) is 22.5 Å². The van der Waals surface area contributed by atoms with Crippen molar-refractivity contribution in [2.45, 2.75) is 33.2 Å². The van der Waals surface area contributed by atoms with Gasteiger partial charge in [-0.15, -0.1) is 0 Å². The van der Waals surface area contributed by atoms with E-state index in [-0.39, 0.29) is 6.04 Å².